The first-order valence-electron chi connectivity index (χ1n) is 5.56. The average Bonchev–Trinajstić information content (AvgIpc) is 2.12. The molecule has 0 aliphatic rings. The van der Waals surface area contributed by atoms with Gasteiger partial charge >= 0.3 is 6.09 Å². The first-order valence-corrected chi connectivity index (χ1v) is 7.15. The molecule has 1 aromatic rings. The summed E-state index contributed by atoms with van der Waals surface area (Å²) in [6.07, 6.45) is -0.321. The monoisotopic (exact) mass is 377 g/mol. The van der Waals surface area contributed by atoms with Crippen LogP contribution in [0.15, 0.2) is 27.1 Å². The summed E-state index contributed by atoms with van der Waals surface area (Å²) in [6.45, 7) is 6.07. The van der Waals surface area contributed by atoms with Crippen molar-refractivity contribution in [3.05, 3.63) is 32.7 Å². The second kappa shape index (κ2) is 6.06. The Morgan fingerprint density at radius 1 is 1.22 bits per heavy atom. The van der Waals surface area contributed by atoms with Crippen LogP contribution in [0.2, 0.25) is 0 Å². The molecule has 0 saturated carbocycles. The number of halogens is 2. The van der Waals surface area contributed by atoms with E-state index in [1.54, 1.807) is 11.9 Å². The Morgan fingerprint density at radius 3 is 2.17 bits per heavy atom. The summed E-state index contributed by atoms with van der Waals surface area (Å²) in [5.74, 6) is 0. The largest absolute Gasteiger partial charge is 0.444 e. The van der Waals surface area contributed by atoms with Gasteiger partial charge in [-0.15, -0.1) is 0 Å². The Hall–Kier alpha value is -0.550. The first kappa shape index (κ1) is 15.5. The van der Waals surface area contributed by atoms with Crippen LogP contribution in [0, 0.1) is 0 Å². The van der Waals surface area contributed by atoms with Crippen LogP contribution in [0.3, 0.4) is 0 Å². The third-order valence-electron chi connectivity index (χ3n) is 2.05. The molecule has 0 saturated heterocycles. The predicted octanol–water partition coefficient (Wildman–Crippen LogP) is 4.58. The Kier molecular flexibility index (Phi) is 5.22. The molecule has 0 unspecified atom stereocenters. The van der Waals surface area contributed by atoms with Gasteiger partial charge in [0.2, 0.25) is 0 Å². The molecule has 0 heterocycles. The zero-order valence-corrected chi connectivity index (χ0v) is 14.1. The number of amides is 1. The van der Waals surface area contributed by atoms with Gasteiger partial charge < -0.3 is 9.64 Å². The SMILES string of the molecule is CN(Cc1cc(Br)cc(Br)c1)C(=O)OC(C)(C)C. The van der Waals surface area contributed by atoms with E-state index in [2.05, 4.69) is 31.9 Å². The Morgan fingerprint density at radius 2 is 1.72 bits per heavy atom. The summed E-state index contributed by atoms with van der Waals surface area (Å²) in [7, 11) is 1.73. The lowest BCUT2D eigenvalue weighted by Crippen LogP contribution is -2.33. The average molecular weight is 379 g/mol. The number of ether oxygens (including phenoxy) is 1. The third-order valence-corrected chi connectivity index (χ3v) is 2.96. The Balaban J connectivity index is 2.69. The first-order chi connectivity index (χ1) is 8.17. The lowest BCUT2D eigenvalue weighted by molar-refractivity contribution is 0.0285. The lowest BCUT2D eigenvalue weighted by atomic mass is 10.2. The highest BCUT2D eigenvalue weighted by Gasteiger charge is 2.19. The van der Waals surface area contributed by atoms with Crippen molar-refractivity contribution >= 4 is 38.0 Å². The molecule has 18 heavy (non-hydrogen) atoms. The molecule has 3 nitrogen and oxygen atoms in total. The summed E-state index contributed by atoms with van der Waals surface area (Å²) in [5, 5.41) is 0. The summed E-state index contributed by atoms with van der Waals surface area (Å²) in [6, 6.07) is 5.91. The summed E-state index contributed by atoms with van der Waals surface area (Å²) in [5.41, 5.74) is 0.563. The highest BCUT2D eigenvalue weighted by molar-refractivity contribution is 9.11. The smallest absolute Gasteiger partial charge is 0.410 e. The van der Waals surface area contributed by atoms with Gasteiger partial charge in [0.05, 0.1) is 0 Å². The van der Waals surface area contributed by atoms with E-state index in [9.17, 15) is 4.79 Å². The molecule has 1 rings (SSSR count). The van der Waals surface area contributed by atoms with E-state index in [0.29, 0.717) is 6.54 Å². The highest BCUT2D eigenvalue weighted by atomic mass is 79.9. The molecule has 1 amide bonds. The molecular formula is C13H17Br2NO2. The van der Waals surface area contributed by atoms with Gasteiger partial charge in [0.1, 0.15) is 5.60 Å². The van der Waals surface area contributed by atoms with Gasteiger partial charge in [-0.3, -0.25) is 0 Å². The fourth-order valence-corrected chi connectivity index (χ4v) is 2.77. The van der Waals surface area contributed by atoms with Crippen molar-refractivity contribution in [1.29, 1.82) is 0 Å². The van der Waals surface area contributed by atoms with E-state index in [4.69, 9.17) is 4.74 Å². The minimum absolute atomic E-state index is 0.321. The topological polar surface area (TPSA) is 29.5 Å². The molecule has 100 valence electrons. The maximum atomic E-state index is 11.8. The second-order valence-electron chi connectivity index (χ2n) is 5.11. The minimum Gasteiger partial charge on any atom is -0.444 e. The number of rotatable bonds is 2. The molecule has 5 heteroatoms. The van der Waals surface area contributed by atoms with Crippen molar-refractivity contribution in [2.75, 3.05) is 7.05 Å². The fourth-order valence-electron chi connectivity index (χ4n) is 1.38. The zero-order valence-electron chi connectivity index (χ0n) is 11.0. The number of nitrogens with zero attached hydrogens (tertiary/aromatic N) is 1. The molecule has 0 radical (unpaired) electrons. The number of hydrogen-bond donors (Lipinski definition) is 0. The minimum atomic E-state index is -0.469. The third kappa shape index (κ3) is 5.40. The van der Waals surface area contributed by atoms with Crippen molar-refractivity contribution in [3.63, 3.8) is 0 Å². The van der Waals surface area contributed by atoms with Gasteiger partial charge in [0, 0.05) is 22.5 Å². The summed E-state index contributed by atoms with van der Waals surface area (Å²) >= 11 is 6.85. The van der Waals surface area contributed by atoms with Crippen LogP contribution >= 0.6 is 31.9 Å². The van der Waals surface area contributed by atoms with Crippen LogP contribution in [-0.4, -0.2) is 23.6 Å². The molecule has 0 bridgehead atoms. The molecule has 0 N–H and O–H groups in total. The van der Waals surface area contributed by atoms with E-state index in [0.717, 1.165) is 14.5 Å². The lowest BCUT2D eigenvalue weighted by Gasteiger charge is -2.24. The maximum Gasteiger partial charge on any atom is 0.410 e. The second-order valence-corrected chi connectivity index (χ2v) is 6.95. The van der Waals surface area contributed by atoms with Gasteiger partial charge in [-0.05, 0) is 44.5 Å². The van der Waals surface area contributed by atoms with Crippen LogP contribution in [0.25, 0.3) is 0 Å². The number of hydrogen-bond acceptors (Lipinski definition) is 2. The molecule has 0 spiro atoms. The van der Waals surface area contributed by atoms with Gasteiger partial charge in [0.15, 0.2) is 0 Å². The quantitative estimate of drug-likeness (QED) is 0.753. The van der Waals surface area contributed by atoms with E-state index in [1.807, 2.05) is 39.0 Å². The maximum absolute atomic E-state index is 11.8. The van der Waals surface area contributed by atoms with Gasteiger partial charge in [-0.2, -0.15) is 0 Å². The fraction of sp³-hybridized carbons (Fsp3) is 0.462. The zero-order chi connectivity index (χ0) is 13.9. The molecule has 0 aliphatic heterocycles. The highest BCUT2D eigenvalue weighted by Crippen LogP contribution is 2.21. The van der Waals surface area contributed by atoms with E-state index in [-0.39, 0.29) is 6.09 Å². The summed E-state index contributed by atoms with van der Waals surface area (Å²) < 4.78 is 7.25. The van der Waals surface area contributed by atoms with Crippen LogP contribution < -0.4 is 0 Å². The van der Waals surface area contributed by atoms with Crippen molar-refractivity contribution in [3.8, 4) is 0 Å². The molecule has 0 fully saturated rings. The van der Waals surface area contributed by atoms with E-state index < -0.39 is 5.60 Å². The Labute approximate surface area is 125 Å². The van der Waals surface area contributed by atoms with E-state index >= 15 is 0 Å². The van der Waals surface area contributed by atoms with E-state index in [1.165, 1.54) is 0 Å². The van der Waals surface area contributed by atoms with Crippen molar-refractivity contribution in [2.45, 2.75) is 32.9 Å². The van der Waals surface area contributed by atoms with Gasteiger partial charge in [-0.1, -0.05) is 31.9 Å². The van der Waals surface area contributed by atoms with Gasteiger partial charge in [0.25, 0.3) is 0 Å². The Bertz CT molecular complexity index is 421. The standard InChI is InChI=1S/C13H17Br2NO2/c1-13(2,3)18-12(17)16(4)8-9-5-10(14)7-11(15)6-9/h5-7H,8H2,1-4H3. The molecule has 0 aromatic heterocycles. The van der Waals surface area contributed by atoms with Crippen molar-refractivity contribution < 1.29 is 9.53 Å². The van der Waals surface area contributed by atoms with Crippen LogP contribution in [0.1, 0.15) is 26.3 Å². The molecular weight excluding hydrogens is 362 g/mol. The van der Waals surface area contributed by atoms with Crippen LogP contribution in [0.4, 0.5) is 4.79 Å². The number of benzene rings is 1. The molecule has 1 aromatic carbocycles. The van der Waals surface area contributed by atoms with Gasteiger partial charge in [-0.25, -0.2) is 4.79 Å². The number of carbonyl (C=O) groups is 1. The van der Waals surface area contributed by atoms with Crippen molar-refractivity contribution in [2.24, 2.45) is 0 Å². The van der Waals surface area contributed by atoms with Crippen LogP contribution in [0.5, 0.6) is 0 Å². The summed E-state index contributed by atoms with van der Waals surface area (Å²) in [4.78, 5) is 13.4. The van der Waals surface area contributed by atoms with Crippen LogP contribution in [-0.2, 0) is 11.3 Å². The van der Waals surface area contributed by atoms with Crippen molar-refractivity contribution in [1.82, 2.24) is 4.90 Å². The normalized spacial score (nSPS) is 11.2. The predicted molar refractivity (Wildman–Crippen MR) is 79.5 cm³/mol. The molecule has 0 aliphatic carbocycles. The molecule has 0 atom stereocenters. The number of carbonyl (C=O) groups excluding carboxylic acids is 1.